The normalized spacial score (nSPS) is 10.2. The van der Waals surface area contributed by atoms with Gasteiger partial charge in [0.25, 0.3) is 0 Å². The molecule has 0 aromatic heterocycles. The summed E-state index contributed by atoms with van der Waals surface area (Å²) in [4.78, 5) is 4.94. The van der Waals surface area contributed by atoms with Crippen molar-refractivity contribution in [1.29, 1.82) is 0 Å². The van der Waals surface area contributed by atoms with E-state index in [0.29, 0.717) is 5.75 Å². The molecular formula is C10H10N2O. The van der Waals surface area contributed by atoms with Gasteiger partial charge < -0.3 is 4.84 Å². The van der Waals surface area contributed by atoms with Gasteiger partial charge in [0.05, 0.1) is 0 Å². The third kappa shape index (κ3) is 1.61. The quantitative estimate of drug-likeness (QED) is 0.537. The van der Waals surface area contributed by atoms with E-state index in [0.717, 1.165) is 5.39 Å². The van der Waals surface area contributed by atoms with Crippen LogP contribution in [0.4, 0.5) is 0 Å². The molecule has 0 atom stereocenters. The van der Waals surface area contributed by atoms with Gasteiger partial charge in [0, 0.05) is 0 Å². The molecule has 2 aromatic rings. The predicted molar refractivity (Wildman–Crippen MR) is 51.9 cm³/mol. The minimum atomic E-state index is 0.709. The number of hydrogen-bond donors (Lipinski definition) is 2. The van der Waals surface area contributed by atoms with E-state index in [1.54, 1.807) is 0 Å². The fourth-order valence-electron chi connectivity index (χ4n) is 1.30. The summed E-state index contributed by atoms with van der Waals surface area (Å²) in [6, 6.07) is 13.8. The van der Waals surface area contributed by atoms with E-state index >= 15 is 0 Å². The highest BCUT2D eigenvalue weighted by atomic mass is 16.7. The van der Waals surface area contributed by atoms with Crippen molar-refractivity contribution >= 4 is 10.8 Å². The van der Waals surface area contributed by atoms with E-state index in [4.69, 9.17) is 10.7 Å². The minimum Gasteiger partial charge on any atom is -0.394 e. The number of nitrogens with two attached hydrogens (primary N) is 1. The zero-order valence-electron chi connectivity index (χ0n) is 7.03. The van der Waals surface area contributed by atoms with Crippen LogP contribution in [0, 0.1) is 0 Å². The molecule has 66 valence electrons. The van der Waals surface area contributed by atoms with Gasteiger partial charge in [-0.3, -0.25) is 0 Å². The summed E-state index contributed by atoms with van der Waals surface area (Å²) in [6.07, 6.45) is 0. The maximum Gasteiger partial charge on any atom is 0.149 e. The van der Waals surface area contributed by atoms with Gasteiger partial charge in [0.15, 0.2) is 0 Å². The summed E-state index contributed by atoms with van der Waals surface area (Å²) in [6.45, 7) is 0. The second-order valence-corrected chi connectivity index (χ2v) is 2.73. The second-order valence-electron chi connectivity index (χ2n) is 2.73. The topological polar surface area (TPSA) is 47.3 Å². The second kappa shape index (κ2) is 3.43. The lowest BCUT2D eigenvalue weighted by molar-refractivity contribution is 0.199. The fourth-order valence-corrected chi connectivity index (χ4v) is 1.30. The highest BCUT2D eigenvalue weighted by Gasteiger charge is 1.95. The van der Waals surface area contributed by atoms with Crippen molar-refractivity contribution in [3.8, 4) is 5.75 Å². The molecule has 0 bridgehead atoms. The van der Waals surface area contributed by atoms with Crippen molar-refractivity contribution in [2.75, 3.05) is 0 Å². The molecule has 0 saturated carbocycles. The molecule has 0 aliphatic heterocycles. The summed E-state index contributed by atoms with van der Waals surface area (Å²) in [5.74, 6) is 5.74. The Labute approximate surface area is 76.0 Å². The first-order valence-corrected chi connectivity index (χ1v) is 4.01. The molecule has 13 heavy (non-hydrogen) atoms. The molecule has 0 fully saturated rings. The maximum absolute atomic E-state index is 5.03. The van der Waals surface area contributed by atoms with E-state index in [2.05, 4.69) is 11.7 Å². The average Bonchev–Trinajstić information content (AvgIpc) is 2.18. The van der Waals surface area contributed by atoms with E-state index in [9.17, 15) is 0 Å². The number of rotatable bonds is 2. The predicted octanol–water partition coefficient (Wildman–Crippen LogP) is 1.60. The highest BCUT2D eigenvalue weighted by Crippen LogP contribution is 2.19. The van der Waals surface area contributed by atoms with Crippen LogP contribution >= 0.6 is 0 Å². The molecule has 0 aliphatic rings. The molecule has 2 aromatic carbocycles. The van der Waals surface area contributed by atoms with E-state index in [-0.39, 0.29) is 0 Å². The summed E-state index contributed by atoms with van der Waals surface area (Å²) >= 11 is 0. The Bertz CT molecular complexity index is 414. The van der Waals surface area contributed by atoms with Crippen molar-refractivity contribution in [2.45, 2.75) is 0 Å². The van der Waals surface area contributed by atoms with Crippen LogP contribution in [-0.2, 0) is 0 Å². The van der Waals surface area contributed by atoms with Gasteiger partial charge in [0.1, 0.15) is 5.75 Å². The first-order valence-electron chi connectivity index (χ1n) is 4.01. The molecule has 0 radical (unpaired) electrons. The first kappa shape index (κ1) is 8.04. The monoisotopic (exact) mass is 174 g/mol. The Hall–Kier alpha value is -1.58. The van der Waals surface area contributed by atoms with Gasteiger partial charge >= 0.3 is 0 Å². The zero-order chi connectivity index (χ0) is 9.10. The smallest absolute Gasteiger partial charge is 0.149 e. The Balaban J connectivity index is 2.49. The number of hydrogen-bond acceptors (Lipinski definition) is 3. The molecular weight excluding hydrogens is 164 g/mol. The van der Waals surface area contributed by atoms with E-state index in [1.807, 2.05) is 36.4 Å². The highest BCUT2D eigenvalue weighted by molar-refractivity contribution is 5.83. The lowest BCUT2D eigenvalue weighted by Gasteiger charge is -2.03. The lowest BCUT2D eigenvalue weighted by Crippen LogP contribution is -2.25. The van der Waals surface area contributed by atoms with Gasteiger partial charge in [-0.25, -0.2) is 5.84 Å². The summed E-state index contributed by atoms with van der Waals surface area (Å²) in [5.41, 5.74) is 2.15. The molecule has 0 heterocycles. The molecule has 0 aliphatic carbocycles. The molecule has 2 rings (SSSR count). The minimum absolute atomic E-state index is 0.709. The molecule has 0 saturated heterocycles. The Morgan fingerprint density at radius 1 is 1.00 bits per heavy atom. The van der Waals surface area contributed by atoms with Crippen LogP contribution in [0.1, 0.15) is 0 Å². The van der Waals surface area contributed by atoms with Crippen LogP contribution in [0.3, 0.4) is 0 Å². The van der Waals surface area contributed by atoms with Crippen LogP contribution < -0.4 is 16.3 Å². The Kier molecular flexibility index (Phi) is 2.12. The van der Waals surface area contributed by atoms with Crippen molar-refractivity contribution in [2.24, 2.45) is 5.84 Å². The summed E-state index contributed by atoms with van der Waals surface area (Å²) < 4.78 is 0. The number of benzene rings is 2. The van der Waals surface area contributed by atoms with Gasteiger partial charge in [-0.15, -0.1) is 0 Å². The standard InChI is InChI=1S/C10H10N2O/c11-12-13-10-6-5-8-3-1-2-4-9(8)7-10/h1-7,12H,11H2. The third-order valence-corrected chi connectivity index (χ3v) is 1.90. The number of hydrazine groups is 1. The molecule has 3 N–H and O–H groups in total. The summed E-state index contributed by atoms with van der Waals surface area (Å²) in [5, 5.41) is 2.32. The van der Waals surface area contributed by atoms with Crippen LogP contribution in [0.25, 0.3) is 10.8 Å². The largest absolute Gasteiger partial charge is 0.394 e. The Morgan fingerprint density at radius 2 is 1.77 bits per heavy atom. The SMILES string of the molecule is NNOc1ccc2ccccc2c1. The van der Waals surface area contributed by atoms with E-state index < -0.39 is 0 Å². The van der Waals surface area contributed by atoms with Gasteiger partial charge in [-0.1, -0.05) is 35.9 Å². The average molecular weight is 174 g/mol. The Morgan fingerprint density at radius 3 is 2.54 bits per heavy atom. The van der Waals surface area contributed by atoms with E-state index in [1.165, 1.54) is 5.39 Å². The molecule has 0 unspecified atom stereocenters. The van der Waals surface area contributed by atoms with Crippen molar-refractivity contribution in [1.82, 2.24) is 5.59 Å². The third-order valence-electron chi connectivity index (χ3n) is 1.90. The first-order chi connectivity index (χ1) is 6.40. The lowest BCUT2D eigenvalue weighted by atomic mass is 10.1. The van der Waals surface area contributed by atoms with Crippen molar-refractivity contribution in [3.05, 3.63) is 42.5 Å². The number of fused-ring (bicyclic) bond motifs is 1. The van der Waals surface area contributed by atoms with Gasteiger partial charge in [-0.2, -0.15) is 0 Å². The zero-order valence-corrected chi connectivity index (χ0v) is 7.03. The van der Waals surface area contributed by atoms with Gasteiger partial charge in [0.2, 0.25) is 0 Å². The molecule has 0 spiro atoms. The van der Waals surface area contributed by atoms with Crippen LogP contribution in [0.2, 0.25) is 0 Å². The molecule has 3 nitrogen and oxygen atoms in total. The van der Waals surface area contributed by atoms with Crippen molar-refractivity contribution in [3.63, 3.8) is 0 Å². The van der Waals surface area contributed by atoms with Crippen LogP contribution in [-0.4, -0.2) is 0 Å². The molecule has 0 amide bonds. The van der Waals surface area contributed by atoms with Gasteiger partial charge in [-0.05, 0) is 22.9 Å². The van der Waals surface area contributed by atoms with Crippen LogP contribution in [0.5, 0.6) is 5.75 Å². The maximum atomic E-state index is 5.03. The van der Waals surface area contributed by atoms with Crippen molar-refractivity contribution < 1.29 is 4.84 Å². The van der Waals surface area contributed by atoms with Crippen LogP contribution in [0.15, 0.2) is 42.5 Å². The number of nitrogens with one attached hydrogen (secondary N) is 1. The summed E-state index contributed by atoms with van der Waals surface area (Å²) in [7, 11) is 0. The molecule has 3 heteroatoms. The fraction of sp³-hybridized carbons (Fsp3) is 0.